The van der Waals surface area contributed by atoms with Crippen LogP contribution in [-0.2, 0) is 27.7 Å². The number of ether oxygens (including phenoxy) is 3. The SMILES string of the molecule is COC(=O)CCc1nc2cc(OCC3COC3)c(N)cc2n1C. The highest BCUT2D eigenvalue weighted by Crippen LogP contribution is 2.29. The lowest BCUT2D eigenvalue weighted by molar-refractivity contribution is -0.140. The van der Waals surface area contributed by atoms with Gasteiger partial charge in [-0.15, -0.1) is 0 Å². The first-order valence-electron chi connectivity index (χ1n) is 7.60. The van der Waals surface area contributed by atoms with Gasteiger partial charge in [0.15, 0.2) is 0 Å². The number of methoxy groups -OCH3 is 1. The topological polar surface area (TPSA) is 88.6 Å². The molecule has 0 saturated carbocycles. The predicted molar refractivity (Wildman–Crippen MR) is 85.3 cm³/mol. The number of carbonyl (C=O) groups excluding carboxylic acids is 1. The molecule has 0 unspecified atom stereocenters. The number of nitrogens with zero attached hydrogens (tertiary/aromatic N) is 2. The van der Waals surface area contributed by atoms with Gasteiger partial charge in [-0.3, -0.25) is 4.79 Å². The van der Waals surface area contributed by atoms with Crippen LogP contribution in [0.4, 0.5) is 5.69 Å². The molecule has 0 amide bonds. The van der Waals surface area contributed by atoms with E-state index in [-0.39, 0.29) is 5.97 Å². The van der Waals surface area contributed by atoms with E-state index in [0.29, 0.717) is 36.8 Å². The fourth-order valence-electron chi connectivity index (χ4n) is 2.54. The van der Waals surface area contributed by atoms with Crippen molar-refractivity contribution in [3.8, 4) is 5.75 Å². The number of carbonyl (C=O) groups is 1. The van der Waals surface area contributed by atoms with Crippen LogP contribution in [0.3, 0.4) is 0 Å². The maximum absolute atomic E-state index is 11.3. The zero-order chi connectivity index (χ0) is 16.4. The van der Waals surface area contributed by atoms with Gasteiger partial charge in [0.25, 0.3) is 0 Å². The van der Waals surface area contributed by atoms with Crippen LogP contribution < -0.4 is 10.5 Å². The summed E-state index contributed by atoms with van der Waals surface area (Å²) < 4.78 is 17.5. The summed E-state index contributed by atoms with van der Waals surface area (Å²) in [7, 11) is 3.29. The van der Waals surface area contributed by atoms with Gasteiger partial charge < -0.3 is 24.5 Å². The first-order chi connectivity index (χ1) is 11.1. The molecule has 0 radical (unpaired) electrons. The number of esters is 1. The summed E-state index contributed by atoms with van der Waals surface area (Å²) in [5.74, 6) is 1.64. The average Bonchev–Trinajstić information content (AvgIpc) is 2.79. The molecule has 2 heterocycles. The molecule has 1 aromatic heterocycles. The lowest BCUT2D eigenvalue weighted by Crippen LogP contribution is -2.32. The van der Waals surface area contributed by atoms with Crippen LogP contribution >= 0.6 is 0 Å². The van der Waals surface area contributed by atoms with Crippen LogP contribution in [0.25, 0.3) is 11.0 Å². The van der Waals surface area contributed by atoms with E-state index >= 15 is 0 Å². The summed E-state index contributed by atoms with van der Waals surface area (Å²) in [6.45, 7) is 2.07. The van der Waals surface area contributed by atoms with E-state index in [9.17, 15) is 4.79 Å². The summed E-state index contributed by atoms with van der Waals surface area (Å²) in [4.78, 5) is 15.9. The Hall–Kier alpha value is -2.28. The minimum absolute atomic E-state index is 0.247. The van der Waals surface area contributed by atoms with Crippen molar-refractivity contribution < 1.29 is 19.0 Å². The van der Waals surface area contributed by atoms with Gasteiger partial charge in [0.2, 0.25) is 0 Å². The molecule has 2 N–H and O–H groups in total. The fraction of sp³-hybridized carbons (Fsp3) is 0.500. The molecule has 7 heteroatoms. The van der Waals surface area contributed by atoms with Crippen LogP contribution in [0.5, 0.6) is 5.75 Å². The van der Waals surface area contributed by atoms with Crippen molar-refractivity contribution in [2.24, 2.45) is 13.0 Å². The maximum Gasteiger partial charge on any atom is 0.305 e. The Kier molecular flexibility index (Phi) is 4.38. The molecule has 1 aromatic carbocycles. The molecule has 0 spiro atoms. The van der Waals surface area contributed by atoms with E-state index in [1.165, 1.54) is 7.11 Å². The van der Waals surface area contributed by atoms with E-state index in [1.807, 2.05) is 23.7 Å². The molecule has 1 saturated heterocycles. The smallest absolute Gasteiger partial charge is 0.305 e. The van der Waals surface area contributed by atoms with Crippen molar-refractivity contribution in [2.45, 2.75) is 12.8 Å². The maximum atomic E-state index is 11.3. The van der Waals surface area contributed by atoms with Gasteiger partial charge >= 0.3 is 5.97 Å². The molecule has 0 atom stereocenters. The third-order valence-corrected chi connectivity index (χ3v) is 4.07. The minimum Gasteiger partial charge on any atom is -0.491 e. The highest BCUT2D eigenvalue weighted by Gasteiger charge is 2.20. The van der Waals surface area contributed by atoms with Crippen molar-refractivity contribution in [2.75, 3.05) is 32.7 Å². The average molecular weight is 319 g/mol. The summed E-state index contributed by atoms with van der Waals surface area (Å²) in [6.07, 6.45) is 0.821. The Morgan fingerprint density at radius 2 is 2.26 bits per heavy atom. The van der Waals surface area contributed by atoms with Crippen molar-refractivity contribution in [3.63, 3.8) is 0 Å². The number of hydrogen-bond acceptors (Lipinski definition) is 6. The molecule has 124 valence electrons. The zero-order valence-corrected chi connectivity index (χ0v) is 13.4. The van der Waals surface area contributed by atoms with Crippen molar-refractivity contribution in [3.05, 3.63) is 18.0 Å². The first kappa shape index (κ1) is 15.6. The van der Waals surface area contributed by atoms with E-state index in [0.717, 1.165) is 30.1 Å². The van der Waals surface area contributed by atoms with Gasteiger partial charge in [-0.2, -0.15) is 0 Å². The van der Waals surface area contributed by atoms with E-state index in [1.54, 1.807) is 0 Å². The molecule has 7 nitrogen and oxygen atoms in total. The van der Waals surface area contributed by atoms with E-state index < -0.39 is 0 Å². The lowest BCUT2D eigenvalue weighted by atomic mass is 10.1. The summed E-state index contributed by atoms with van der Waals surface area (Å²) >= 11 is 0. The van der Waals surface area contributed by atoms with E-state index in [4.69, 9.17) is 15.2 Å². The first-order valence-corrected chi connectivity index (χ1v) is 7.60. The molecule has 0 bridgehead atoms. The highest BCUT2D eigenvalue weighted by atomic mass is 16.5. The Morgan fingerprint density at radius 3 is 2.91 bits per heavy atom. The Labute approximate surface area is 134 Å². The number of hydrogen-bond donors (Lipinski definition) is 1. The Balaban J connectivity index is 1.79. The number of nitrogen functional groups attached to an aromatic ring is 1. The number of nitrogens with two attached hydrogens (primary N) is 1. The second-order valence-electron chi connectivity index (χ2n) is 5.76. The predicted octanol–water partition coefficient (Wildman–Crippen LogP) is 1.29. The third-order valence-electron chi connectivity index (χ3n) is 4.07. The van der Waals surface area contributed by atoms with Crippen LogP contribution in [0.1, 0.15) is 12.2 Å². The Morgan fingerprint density at radius 1 is 1.48 bits per heavy atom. The summed E-state index contributed by atoms with van der Waals surface area (Å²) in [6, 6.07) is 3.71. The van der Waals surface area contributed by atoms with Gasteiger partial charge in [-0.1, -0.05) is 0 Å². The second kappa shape index (κ2) is 6.45. The standard InChI is InChI=1S/C16H21N3O4/c1-19-13-5-11(17)14(23-9-10-7-22-8-10)6-12(13)18-15(19)3-4-16(20)21-2/h5-6,10H,3-4,7-9,17H2,1-2H3. The number of fused-ring (bicyclic) bond motifs is 1. The van der Waals surface area contributed by atoms with Gasteiger partial charge in [0.1, 0.15) is 11.6 Å². The summed E-state index contributed by atoms with van der Waals surface area (Å²) in [5, 5.41) is 0. The monoisotopic (exact) mass is 319 g/mol. The largest absolute Gasteiger partial charge is 0.491 e. The number of rotatable bonds is 6. The number of benzene rings is 1. The van der Waals surface area contributed by atoms with Crippen molar-refractivity contribution in [1.82, 2.24) is 9.55 Å². The van der Waals surface area contributed by atoms with Crippen LogP contribution in [0, 0.1) is 5.92 Å². The molecule has 1 aliphatic heterocycles. The van der Waals surface area contributed by atoms with E-state index in [2.05, 4.69) is 9.72 Å². The molecule has 1 fully saturated rings. The normalized spacial score (nSPS) is 14.7. The van der Waals surface area contributed by atoms with Crippen molar-refractivity contribution >= 4 is 22.7 Å². The molecule has 0 aliphatic carbocycles. The lowest BCUT2D eigenvalue weighted by Gasteiger charge is -2.25. The fourth-order valence-corrected chi connectivity index (χ4v) is 2.54. The quantitative estimate of drug-likeness (QED) is 0.637. The van der Waals surface area contributed by atoms with Gasteiger partial charge in [-0.25, -0.2) is 4.98 Å². The van der Waals surface area contributed by atoms with Crippen LogP contribution in [-0.4, -0.2) is 42.5 Å². The zero-order valence-electron chi connectivity index (χ0n) is 13.4. The number of aromatic nitrogens is 2. The number of anilines is 1. The molecule has 1 aliphatic rings. The number of imidazole rings is 1. The molecular weight excluding hydrogens is 298 g/mol. The molecule has 3 rings (SSSR count). The minimum atomic E-state index is -0.247. The van der Waals surface area contributed by atoms with Crippen LogP contribution in [0.15, 0.2) is 12.1 Å². The van der Waals surface area contributed by atoms with Gasteiger partial charge in [-0.05, 0) is 6.07 Å². The molecule has 23 heavy (non-hydrogen) atoms. The molecular formula is C16H21N3O4. The molecule has 2 aromatic rings. The number of aryl methyl sites for hydroxylation is 2. The van der Waals surface area contributed by atoms with Crippen LogP contribution in [0.2, 0.25) is 0 Å². The Bertz CT molecular complexity index is 722. The third kappa shape index (κ3) is 3.24. The van der Waals surface area contributed by atoms with Gasteiger partial charge in [0, 0.05) is 25.5 Å². The van der Waals surface area contributed by atoms with Gasteiger partial charge in [0.05, 0.1) is 50.1 Å². The second-order valence-corrected chi connectivity index (χ2v) is 5.76. The highest BCUT2D eigenvalue weighted by molar-refractivity contribution is 5.83. The summed E-state index contributed by atoms with van der Waals surface area (Å²) in [5.41, 5.74) is 8.39. The van der Waals surface area contributed by atoms with Crippen molar-refractivity contribution in [1.29, 1.82) is 0 Å².